The van der Waals surface area contributed by atoms with Crippen LogP contribution in [0.3, 0.4) is 0 Å². The zero-order valence-electron chi connectivity index (χ0n) is 11.2. The highest BCUT2D eigenvalue weighted by Gasteiger charge is 2.15. The average Bonchev–Trinajstić information content (AvgIpc) is 2.86. The monoisotopic (exact) mass is 251 g/mol. The molecule has 0 saturated heterocycles. The van der Waals surface area contributed by atoms with Gasteiger partial charge in [0.1, 0.15) is 5.75 Å². The summed E-state index contributed by atoms with van der Waals surface area (Å²) in [5, 5.41) is 3.40. The number of nitrogens with one attached hydrogen (secondary N) is 1. The van der Waals surface area contributed by atoms with Crippen molar-refractivity contribution >= 4 is 0 Å². The van der Waals surface area contributed by atoms with Gasteiger partial charge in [0.2, 0.25) is 0 Å². The molecule has 4 nitrogen and oxygen atoms in total. The lowest BCUT2D eigenvalue weighted by Crippen LogP contribution is -2.31. The smallest absolute Gasteiger partial charge is 0.169 e. The molecule has 1 unspecified atom stereocenters. The molecule has 2 rings (SSSR count). The predicted octanol–water partition coefficient (Wildman–Crippen LogP) is 1.89. The highest BCUT2D eigenvalue weighted by molar-refractivity contribution is 5.40. The lowest BCUT2D eigenvalue weighted by atomic mass is 10.0. The van der Waals surface area contributed by atoms with Gasteiger partial charge in [-0.1, -0.05) is 12.1 Å². The van der Waals surface area contributed by atoms with E-state index in [0.29, 0.717) is 6.54 Å². The molecule has 0 saturated carbocycles. The first-order valence-corrected chi connectivity index (χ1v) is 6.29. The Balaban J connectivity index is 1.94. The van der Waals surface area contributed by atoms with E-state index in [0.717, 1.165) is 18.8 Å². The number of methoxy groups -OCH3 is 2. The third-order valence-corrected chi connectivity index (χ3v) is 3.33. The van der Waals surface area contributed by atoms with Crippen LogP contribution in [0.4, 0.5) is 0 Å². The Morgan fingerprint density at radius 1 is 1.33 bits per heavy atom. The highest BCUT2D eigenvalue weighted by Crippen LogP contribution is 2.28. The summed E-state index contributed by atoms with van der Waals surface area (Å²) in [6.45, 7) is 3.61. The number of fused-ring (bicyclic) bond motifs is 1. The van der Waals surface area contributed by atoms with Crippen molar-refractivity contribution in [1.29, 1.82) is 0 Å². The van der Waals surface area contributed by atoms with Crippen LogP contribution in [0.1, 0.15) is 24.1 Å². The number of benzene rings is 1. The molecule has 0 amide bonds. The van der Waals surface area contributed by atoms with E-state index in [2.05, 4.69) is 30.4 Å². The van der Waals surface area contributed by atoms with Crippen molar-refractivity contribution in [2.75, 3.05) is 27.4 Å². The van der Waals surface area contributed by atoms with Crippen LogP contribution in [-0.4, -0.2) is 33.7 Å². The molecule has 0 aliphatic carbocycles. The Hall–Kier alpha value is -1.10. The molecule has 0 spiro atoms. The summed E-state index contributed by atoms with van der Waals surface area (Å²) in [4.78, 5) is 0. The summed E-state index contributed by atoms with van der Waals surface area (Å²) in [7, 11) is 3.29. The molecule has 1 aromatic carbocycles. The second-order valence-corrected chi connectivity index (χ2v) is 4.50. The fourth-order valence-electron chi connectivity index (χ4n) is 2.13. The van der Waals surface area contributed by atoms with Crippen molar-refractivity contribution in [3.8, 4) is 5.75 Å². The molecule has 100 valence electrons. The Labute approximate surface area is 108 Å². The van der Waals surface area contributed by atoms with Crippen molar-refractivity contribution < 1.29 is 14.2 Å². The van der Waals surface area contributed by atoms with Crippen LogP contribution >= 0.6 is 0 Å². The van der Waals surface area contributed by atoms with Crippen LogP contribution in [0, 0.1) is 0 Å². The van der Waals surface area contributed by atoms with E-state index in [-0.39, 0.29) is 12.3 Å². The second-order valence-electron chi connectivity index (χ2n) is 4.50. The van der Waals surface area contributed by atoms with E-state index in [1.54, 1.807) is 14.2 Å². The molecule has 1 aliphatic rings. The minimum atomic E-state index is -0.204. The van der Waals surface area contributed by atoms with Crippen molar-refractivity contribution in [2.45, 2.75) is 25.7 Å². The predicted molar refractivity (Wildman–Crippen MR) is 69.9 cm³/mol. The number of hydrogen-bond donors (Lipinski definition) is 1. The van der Waals surface area contributed by atoms with Gasteiger partial charge in [-0.2, -0.15) is 0 Å². The first-order chi connectivity index (χ1) is 8.74. The average molecular weight is 251 g/mol. The van der Waals surface area contributed by atoms with Crippen LogP contribution in [0.5, 0.6) is 5.75 Å². The van der Waals surface area contributed by atoms with Crippen LogP contribution < -0.4 is 10.1 Å². The molecule has 1 atom stereocenters. The SMILES string of the molecule is COC(CNC(C)c1ccc2c(c1)CCO2)OC. The normalized spacial score (nSPS) is 15.6. The van der Waals surface area contributed by atoms with Gasteiger partial charge < -0.3 is 19.5 Å². The molecule has 1 aromatic rings. The number of rotatable bonds is 6. The van der Waals surface area contributed by atoms with Gasteiger partial charge >= 0.3 is 0 Å². The van der Waals surface area contributed by atoms with E-state index < -0.39 is 0 Å². The van der Waals surface area contributed by atoms with Crippen LogP contribution in [0.15, 0.2) is 18.2 Å². The van der Waals surface area contributed by atoms with Crippen LogP contribution in [0.2, 0.25) is 0 Å². The van der Waals surface area contributed by atoms with Gasteiger partial charge in [0.25, 0.3) is 0 Å². The van der Waals surface area contributed by atoms with Crippen molar-refractivity contribution in [1.82, 2.24) is 5.32 Å². The highest BCUT2D eigenvalue weighted by atomic mass is 16.7. The maximum Gasteiger partial charge on any atom is 0.169 e. The second kappa shape index (κ2) is 6.18. The van der Waals surface area contributed by atoms with Crippen molar-refractivity contribution in [3.63, 3.8) is 0 Å². The third kappa shape index (κ3) is 3.02. The van der Waals surface area contributed by atoms with E-state index in [1.807, 2.05) is 0 Å². The summed E-state index contributed by atoms with van der Waals surface area (Å²) >= 11 is 0. The molecule has 4 heteroatoms. The molecule has 18 heavy (non-hydrogen) atoms. The molecular weight excluding hydrogens is 230 g/mol. The molecule has 0 radical (unpaired) electrons. The summed E-state index contributed by atoms with van der Waals surface area (Å²) in [6.07, 6.45) is 0.805. The summed E-state index contributed by atoms with van der Waals surface area (Å²) in [6, 6.07) is 6.65. The summed E-state index contributed by atoms with van der Waals surface area (Å²) in [5.41, 5.74) is 2.57. The van der Waals surface area contributed by atoms with E-state index in [9.17, 15) is 0 Å². The lowest BCUT2D eigenvalue weighted by Gasteiger charge is -2.19. The Bertz CT molecular complexity index is 391. The first-order valence-electron chi connectivity index (χ1n) is 6.29. The zero-order chi connectivity index (χ0) is 13.0. The summed E-state index contributed by atoms with van der Waals surface area (Å²) in [5.74, 6) is 1.03. The molecule has 1 N–H and O–H groups in total. The minimum absolute atomic E-state index is 0.204. The van der Waals surface area contributed by atoms with Gasteiger partial charge in [0, 0.05) is 33.2 Å². The van der Waals surface area contributed by atoms with Gasteiger partial charge in [-0.25, -0.2) is 0 Å². The van der Waals surface area contributed by atoms with Gasteiger partial charge in [0.15, 0.2) is 6.29 Å². The van der Waals surface area contributed by atoms with Gasteiger partial charge in [-0.05, 0) is 24.1 Å². The van der Waals surface area contributed by atoms with Gasteiger partial charge in [-0.15, -0.1) is 0 Å². The maximum absolute atomic E-state index is 5.51. The molecule has 0 aromatic heterocycles. The van der Waals surface area contributed by atoms with Gasteiger partial charge in [0.05, 0.1) is 6.61 Å². The topological polar surface area (TPSA) is 39.7 Å². The molecule has 0 fully saturated rings. The Morgan fingerprint density at radius 3 is 2.83 bits per heavy atom. The van der Waals surface area contributed by atoms with Crippen LogP contribution in [0.25, 0.3) is 0 Å². The summed E-state index contributed by atoms with van der Waals surface area (Å²) < 4.78 is 15.8. The zero-order valence-corrected chi connectivity index (χ0v) is 11.2. The molecular formula is C14H21NO3. The largest absolute Gasteiger partial charge is 0.493 e. The van der Waals surface area contributed by atoms with Crippen molar-refractivity contribution in [3.05, 3.63) is 29.3 Å². The Kier molecular flexibility index (Phi) is 4.58. The first kappa shape index (κ1) is 13.3. The fraction of sp³-hybridized carbons (Fsp3) is 0.571. The van der Waals surface area contributed by atoms with E-state index >= 15 is 0 Å². The molecule has 1 heterocycles. The standard InChI is InChI=1S/C14H21NO3/c1-10(15-9-14(16-2)17-3)11-4-5-13-12(8-11)6-7-18-13/h4-5,8,10,14-15H,6-7,9H2,1-3H3. The van der Waals surface area contributed by atoms with Crippen molar-refractivity contribution in [2.24, 2.45) is 0 Å². The van der Waals surface area contributed by atoms with E-state index in [4.69, 9.17) is 14.2 Å². The third-order valence-electron chi connectivity index (χ3n) is 3.33. The lowest BCUT2D eigenvalue weighted by molar-refractivity contribution is -0.0997. The Morgan fingerprint density at radius 2 is 2.11 bits per heavy atom. The van der Waals surface area contributed by atoms with E-state index in [1.165, 1.54) is 11.1 Å². The fourth-order valence-corrected chi connectivity index (χ4v) is 2.13. The van der Waals surface area contributed by atoms with Gasteiger partial charge in [-0.3, -0.25) is 0 Å². The molecule has 0 bridgehead atoms. The quantitative estimate of drug-likeness (QED) is 0.784. The number of ether oxygens (including phenoxy) is 3. The van der Waals surface area contributed by atoms with Crippen LogP contribution in [-0.2, 0) is 15.9 Å². The molecule has 1 aliphatic heterocycles. The maximum atomic E-state index is 5.51. The minimum Gasteiger partial charge on any atom is -0.493 e. The number of hydrogen-bond acceptors (Lipinski definition) is 4.